The summed E-state index contributed by atoms with van der Waals surface area (Å²) in [6, 6.07) is 25.0. The molecule has 2 heterocycles. The van der Waals surface area contributed by atoms with Gasteiger partial charge in [-0.1, -0.05) is 78.9 Å². The quantitative estimate of drug-likeness (QED) is 0.401. The zero-order chi connectivity index (χ0) is 28.6. The second-order valence-electron chi connectivity index (χ2n) is 11.5. The lowest BCUT2D eigenvalue weighted by molar-refractivity contribution is -0.156. The minimum absolute atomic E-state index is 0.104. The molecule has 1 aliphatic carbocycles. The number of aliphatic carboxylic acids is 1. The molecule has 2 fully saturated rings. The molecule has 2 bridgehead atoms. The molecule has 3 aromatic carbocycles. The van der Waals surface area contributed by atoms with E-state index < -0.39 is 23.6 Å². The Morgan fingerprint density at radius 3 is 2.15 bits per heavy atom. The number of hydrogen-bond acceptors (Lipinski definition) is 5. The SMILES string of the molecule is CN(Cc1ccccc1)CC(NC(=O)OCC1c2ccccc2-c2ccccc21)C(=O)N1C2CCC1(C(=O)O)CC2. The molecule has 3 aliphatic rings. The predicted octanol–water partition coefficient (Wildman–Crippen LogP) is 4.63. The molecule has 2 N–H and O–H groups in total. The van der Waals surface area contributed by atoms with Crippen LogP contribution in [0.15, 0.2) is 78.9 Å². The molecule has 0 radical (unpaired) electrons. The van der Waals surface area contributed by atoms with Gasteiger partial charge in [0, 0.05) is 25.0 Å². The summed E-state index contributed by atoms with van der Waals surface area (Å²) < 4.78 is 5.77. The number of amides is 2. The van der Waals surface area contributed by atoms with Crippen molar-refractivity contribution in [2.45, 2.75) is 55.8 Å². The first-order valence-corrected chi connectivity index (χ1v) is 14.3. The van der Waals surface area contributed by atoms with E-state index in [2.05, 4.69) is 29.6 Å². The fourth-order valence-electron chi connectivity index (χ4n) is 7.04. The molecule has 0 saturated carbocycles. The Kier molecular flexibility index (Phi) is 7.26. The zero-order valence-electron chi connectivity index (χ0n) is 23.2. The molecule has 8 nitrogen and oxygen atoms in total. The van der Waals surface area contributed by atoms with E-state index in [9.17, 15) is 19.5 Å². The Bertz CT molecular complexity index is 1400. The molecular formula is C33H35N3O5. The van der Waals surface area contributed by atoms with E-state index >= 15 is 0 Å². The third-order valence-electron chi connectivity index (χ3n) is 8.97. The fourth-order valence-corrected chi connectivity index (χ4v) is 7.04. The van der Waals surface area contributed by atoms with Crippen molar-refractivity contribution in [2.24, 2.45) is 0 Å². The number of carbonyl (C=O) groups is 3. The van der Waals surface area contributed by atoms with Crippen LogP contribution in [0.5, 0.6) is 0 Å². The van der Waals surface area contributed by atoms with E-state index in [1.165, 1.54) is 0 Å². The Labute approximate surface area is 239 Å². The van der Waals surface area contributed by atoms with Crippen LogP contribution in [0, 0.1) is 0 Å². The van der Waals surface area contributed by atoms with Crippen molar-refractivity contribution in [3.8, 4) is 11.1 Å². The van der Waals surface area contributed by atoms with Crippen molar-refractivity contribution >= 4 is 18.0 Å². The smallest absolute Gasteiger partial charge is 0.407 e. The van der Waals surface area contributed by atoms with Crippen LogP contribution < -0.4 is 5.32 Å². The first kappa shape index (κ1) is 27.0. The number of nitrogens with zero attached hydrogens (tertiary/aromatic N) is 2. The Morgan fingerprint density at radius 2 is 1.54 bits per heavy atom. The summed E-state index contributed by atoms with van der Waals surface area (Å²) in [6.07, 6.45) is 1.52. The van der Waals surface area contributed by atoms with E-state index in [0.717, 1.165) is 27.8 Å². The normalized spacial score (nSPS) is 21.4. The molecule has 41 heavy (non-hydrogen) atoms. The summed E-state index contributed by atoms with van der Waals surface area (Å²) in [6.45, 7) is 0.924. The minimum atomic E-state index is -1.19. The zero-order valence-corrected chi connectivity index (χ0v) is 23.2. The van der Waals surface area contributed by atoms with Crippen molar-refractivity contribution in [2.75, 3.05) is 20.2 Å². The molecule has 6 rings (SSSR count). The lowest BCUT2D eigenvalue weighted by atomic mass is 9.88. The Balaban J connectivity index is 1.19. The number of carboxylic acids is 1. The maximum absolute atomic E-state index is 14.0. The number of ether oxygens (including phenoxy) is 1. The van der Waals surface area contributed by atoms with Crippen molar-refractivity contribution in [3.63, 3.8) is 0 Å². The number of benzene rings is 3. The monoisotopic (exact) mass is 553 g/mol. The molecule has 2 saturated heterocycles. The van der Waals surface area contributed by atoms with Crippen LogP contribution in [-0.4, -0.2) is 70.7 Å². The number of rotatable bonds is 9. The first-order valence-electron chi connectivity index (χ1n) is 14.3. The van der Waals surface area contributed by atoms with Gasteiger partial charge in [0.2, 0.25) is 5.91 Å². The second kappa shape index (κ2) is 11.0. The van der Waals surface area contributed by atoms with Crippen LogP contribution in [0.2, 0.25) is 0 Å². The summed E-state index contributed by atoms with van der Waals surface area (Å²) in [5.41, 5.74) is 4.36. The summed E-state index contributed by atoms with van der Waals surface area (Å²) in [4.78, 5) is 43.1. The van der Waals surface area contributed by atoms with Gasteiger partial charge in [-0.3, -0.25) is 9.69 Å². The average Bonchev–Trinajstić information content (AvgIpc) is 3.65. The third kappa shape index (κ3) is 4.97. The minimum Gasteiger partial charge on any atom is -0.479 e. The molecule has 8 heteroatoms. The predicted molar refractivity (Wildman–Crippen MR) is 154 cm³/mol. The molecule has 1 unspecified atom stereocenters. The number of carbonyl (C=O) groups excluding carboxylic acids is 2. The van der Waals surface area contributed by atoms with E-state index in [4.69, 9.17) is 4.74 Å². The van der Waals surface area contributed by atoms with Gasteiger partial charge in [0.1, 0.15) is 18.2 Å². The highest BCUT2D eigenvalue weighted by atomic mass is 16.5. The number of likely N-dealkylation sites (N-methyl/N-ethyl adjacent to an activating group) is 1. The topological polar surface area (TPSA) is 99.2 Å². The van der Waals surface area contributed by atoms with Gasteiger partial charge < -0.3 is 20.1 Å². The Hall–Kier alpha value is -4.17. The highest BCUT2D eigenvalue weighted by Gasteiger charge is 2.59. The molecule has 212 valence electrons. The van der Waals surface area contributed by atoms with Crippen LogP contribution in [0.25, 0.3) is 11.1 Å². The van der Waals surface area contributed by atoms with Gasteiger partial charge in [-0.05, 0) is 60.5 Å². The number of fused-ring (bicyclic) bond motifs is 5. The van der Waals surface area contributed by atoms with Gasteiger partial charge in [0.05, 0.1) is 0 Å². The van der Waals surface area contributed by atoms with Gasteiger partial charge >= 0.3 is 12.1 Å². The van der Waals surface area contributed by atoms with Crippen molar-refractivity contribution in [1.29, 1.82) is 0 Å². The second-order valence-corrected chi connectivity index (χ2v) is 11.5. The van der Waals surface area contributed by atoms with E-state index in [1.807, 2.05) is 66.5 Å². The Morgan fingerprint density at radius 1 is 0.951 bits per heavy atom. The van der Waals surface area contributed by atoms with Crippen LogP contribution >= 0.6 is 0 Å². The third-order valence-corrected chi connectivity index (χ3v) is 8.97. The lowest BCUT2D eigenvalue weighted by Crippen LogP contribution is -2.59. The number of hydrogen-bond donors (Lipinski definition) is 2. The van der Waals surface area contributed by atoms with Crippen molar-refractivity contribution in [1.82, 2.24) is 15.1 Å². The van der Waals surface area contributed by atoms with Gasteiger partial charge in [-0.15, -0.1) is 0 Å². The highest BCUT2D eigenvalue weighted by Crippen LogP contribution is 2.47. The van der Waals surface area contributed by atoms with Gasteiger partial charge in [-0.2, -0.15) is 0 Å². The van der Waals surface area contributed by atoms with Crippen LogP contribution in [0.1, 0.15) is 48.3 Å². The van der Waals surface area contributed by atoms with Crippen molar-refractivity contribution in [3.05, 3.63) is 95.6 Å². The van der Waals surface area contributed by atoms with Gasteiger partial charge in [0.25, 0.3) is 0 Å². The number of nitrogens with one attached hydrogen (secondary N) is 1. The lowest BCUT2D eigenvalue weighted by Gasteiger charge is -2.35. The molecule has 0 spiro atoms. The summed E-state index contributed by atoms with van der Waals surface area (Å²) >= 11 is 0. The molecule has 3 aromatic rings. The molecule has 2 amide bonds. The van der Waals surface area contributed by atoms with Crippen LogP contribution in [-0.2, 0) is 20.9 Å². The summed E-state index contributed by atoms with van der Waals surface area (Å²) in [5.74, 6) is -1.43. The maximum Gasteiger partial charge on any atom is 0.407 e. The summed E-state index contributed by atoms with van der Waals surface area (Å²) in [5, 5.41) is 12.9. The first-order chi connectivity index (χ1) is 19.9. The van der Waals surface area contributed by atoms with Crippen LogP contribution in [0.3, 0.4) is 0 Å². The largest absolute Gasteiger partial charge is 0.479 e. The fraction of sp³-hybridized carbons (Fsp3) is 0.364. The van der Waals surface area contributed by atoms with E-state index in [1.54, 1.807) is 4.90 Å². The van der Waals surface area contributed by atoms with E-state index in [-0.39, 0.29) is 31.0 Å². The summed E-state index contributed by atoms with van der Waals surface area (Å²) in [7, 11) is 1.89. The molecular weight excluding hydrogens is 518 g/mol. The number of alkyl carbamates (subject to hydrolysis) is 1. The molecule has 1 atom stereocenters. The number of carboxylic acid groups (broad SMARTS) is 1. The standard InChI is InChI=1S/C33H35N3O5/c1-35(19-22-9-3-2-4-10-22)20-29(30(37)36-23-15-17-33(36,18-16-23)31(38)39)34-32(40)41-21-28-26-13-7-5-11-24(26)25-12-6-8-14-27(25)28/h2-14,23,28-29H,15-21H2,1H3,(H,34,40)(H,38,39). The van der Waals surface area contributed by atoms with E-state index in [0.29, 0.717) is 32.2 Å². The van der Waals surface area contributed by atoms with Gasteiger partial charge in [-0.25, -0.2) is 9.59 Å². The van der Waals surface area contributed by atoms with Crippen molar-refractivity contribution < 1.29 is 24.2 Å². The molecule has 2 aliphatic heterocycles. The average molecular weight is 554 g/mol. The van der Waals surface area contributed by atoms with Gasteiger partial charge in [0.15, 0.2) is 0 Å². The highest BCUT2D eigenvalue weighted by molar-refractivity contribution is 5.93. The molecule has 0 aromatic heterocycles. The maximum atomic E-state index is 14.0. The van der Waals surface area contributed by atoms with Crippen LogP contribution in [0.4, 0.5) is 4.79 Å².